The molecule has 168 valence electrons. The zero-order chi connectivity index (χ0) is 22.8. The number of benzene rings is 1. The molecule has 2 aliphatic rings. The molecule has 2 amide bonds. The molecule has 0 spiro atoms. The Kier molecular flexibility index (Phi) is 6.46. The van der Waals surface area contributed by atoms with E-state index in [2.05, 4.69) is 29.8 Å². The number of anilines is 1. The fourth-order valence-corrected chi connectivity index (χ4v) is 5.06. The lowest BCUT2D eigenvalue weighted by Crippen LogP contribution is -2.54. The lowest BCUT2D eigenvalue weighted by molar-refractivity contribution is -0.122. The summed E-state index contributed by atoms with van der Waals surface area (Å²) in [5.41, 5.74) is 3.76. The molecular formula is C25H29N3O3S. The van der Waals surface area contributed by atoms with Gasteiger partial charge in [-0.2, -0.15) is 0 Å². The van der Waals surface area contributed by atoms with Gasteiger partial charge in [0.05, 0.1) is 12.3 Å². The number of nitrogens with one attached hydrogen (secondary N) is 1. The first-order chi connectivity index (χ1) is 15.4. The molecule has 1 aliphatic carbocycles. The van der Waals surface area contributed by atoms with Gasteiger partial charge in [0.2, 0.25) is 0 Å². The van der Waals surface area contributed by atoms with Crippen LogP contribution in [0.4, 0.5) is 5.69 Å². The van der Waals surface area contributed by atoms with E-state index in [-0.39, 0.29) is 10.7 Å². The second-order valence-electron chi connectivity index (χ2n) is 8.38. The second-order valence-corrected chi connectivity index (χ2v) is 8.76. The summed E-state index contributed by atoms with van der Waals surface area (Å²) < 4.78 is 7.92. The quantitative estimate of drug-likeness (QED) is 0.401. The first-order valence-electron chi connectivity index (χ1n) is 11.2. The maximum absolute atomic E-state index is 13.4. The highest BCUT2D eigenvalue weighted by atomic mass is 32.1. The summed E-state index contributed by atoms with van der Waals surface area (Å²) in [6, 6.07) is 9.68. The fourth-order valence-electron chi connectivity index (χ4n) is 4.78. The van der Waals surface area contributed by atoms with Gasteiger partial charge in [-0.05, 0) is 75.7 Å². The Balaban J connectivity index is 1.69. The molecule has 0 unspecified atom stereocenters. The summed E-state index contributed by atoms with van der Waals surface area (Å²) >= 11 is 5.33. The van der Waals surface area contributed by atoms with Crippen LogP contribution < -0.4 is 15.0 Å². The van der Waals surface area contributed by atoms with Crippen molar-refractivity contribution in [1.82, 2.24) is 9.88 Å². The van der Waals surface area contributed by atoms with Gasteiger partial charge in [0.1, 0.15) is 11.3 Å². The van der Waals surface area contributed by atoms with E-state index in [1.165, 1.54) is 37.0 Å². The molecule has 32 heavy (non-hydrogen) atoms. The number of aromatic nitrogens is 1. The van der Waals surface area contributed by atoms with Crippen molar-refractivity contribution in [3.8, 4) is 5.75 Å². The monoisotopic (exact) mass is 451 g/mol. The number of hydrogen-bond donors (Lipinski definition) is 1. The Morgan fingerprint density at radius 1 is 1.16 bits per heavy atom. The van der Waals surface area contributed by atoms with Gasteiger partial charge < -0.3 is 9.30 Å². The average molecular weight is 452 g/mol. The van der Waals surface area contributed by atoms with E-state index in [0.29, 0.717) is 24.1 Å². The number of amides is 2. The Morgan fingerprint density at radius 2 is 1.91 bits per heavy atom. The van der Waals surface area contributed by atoms with Gasteiger partial charge in [-0.15, -0.1) is 0 Å². The maximum Gasteiger partial charge on any atom is 0.270 e. The Labute approximate surface area is 194 Å². The topological polar surface area (TPSA) is 63.6 Å². The van der Waals surface area contributed by atoms with Crippen LogP contribution in [0.3, 0.4) is 0 Å². The fraction of sp³-hybridized carbons (Fsp3) is 0.400. The highest BCUT2D eigenvalue weighted by Gasteiger charge is 2.35. The Bertz CT molecular complexity index is 1100. The molecule has 2 aromatic rings. The highest BCUT2D eigenvalue weighted by Crippen LogP contribution is 2.33. The third kappa shape index (κ3) is 4.21. The zero-order valence-corrected chi connectivity index (χ0v) is 19.6. The number of carbonyl (C=O) groups excluding carboxylic acids is 2. The predicted molar refractivity (Wildman–Crippen MR) is 130 cm³/mol. The number of rotatable bonds is 5. The summed E-state index contributed by atoms with van der Waals surface area (Å²) in [5.74, 6) is -0.270. The summed E-state index contributed by atoms with van der Waals surface area (Å²) in [5, 5.41) is 2.73. The van der Waals surface area contributed by atoms with Gasteiger partial charge in [-0.25, -0.2) is 0 Å². The minimum Gasteiger partial charge on any atom is -0.494 e. The van der Waals surface area contributed by atoms with E-state index < -0.39 is 11.8 Å². The van der Waals surface area contributed by atoms with Crippen molar-refractivity contribution in [2.24, 2.45) is 0 Å². The largest absolute Gasteiger partial charge is 0.494 e. The second kappa shape index (κ2) is 9.28. The summed E-state index contributed by atoms with van der Waals surface area (Å²) in [6.07, 6.45) is 7.81. The number of thiocarbonyl (C=S) groups is 1. The third-order valence-corrected chi connectivity index (χ3v) is 6.54. The van der Waals surface area contributed by atoms with Crippen molar-refractivity contribution in [3.05, 3.63) is 52.9 Å². The normalized spacial score (nSPS) is 18.9. The van der Waals surface area contributed by atoms with Crippen molar-refractivity contribution in [2.75, 3.05) is 11.5 Å². The molecule has 1 saturated heterocycles. The Hall–Kier alpha value is -2.93. The van der Waals surface area contributed by atoms with E-state index in [1.54, 1.807) is 24.3 Å². The highest BCUT2D eigenvalue weighted by molar-refractivity contribution is 7.80. The van der Waals surface area contributed by atoms with Crippen LogP contribution in [-0.2, 0) is 9.59 Å². The minimum absolute atomic E-state index is 0.0680. The van der Waals surface area contributed by atoms with Crippen molar-refractivity contribution >= 4 is 40.9 Å². The third-order valence-electron chi connectivity index (χ3n) is 6.25. The van der Waals surface area contributed by atoms with E-state index in [0.717, 1.165) is 17.0 Å². The van der Waals surface area contributed by atoms with E-state index in [4.69, 9.17) is 17.0 Å². The van der Waals surface area contributed by atoms with Gasteiger partial charge in [0, 0.05) is 23.5 Å². The van der Waals surface area contributed by atoms with Gasteiger partial charge in [0.15, 0.2) is 5.11 Å². The first kappa shape index (κ1) is 22.3. The van der Waals surface area contributed by atoms with Crippen LogP contribution in [0.25, 0.3) is 6.08 Å². The van der Waals surface area contributed by atoms with Crippen LogP contribution in [0.2, 0.25) is 0 Å². The van der Waals surface area contributed by atoms with E-state index in [9.17, 15) is 9.59 Å². The van der Waals surface area contributed by atoms with E-state index in [1.807, 2.05) is 13.0 Å². The smallest absolute Gasteiger partial charge is 0.270 e. The average Bonchev–Trinajstić information content (AvgIpc) is 3.05. The van der Waals surface area contributed by atoms with Crippen molar-refractivity contribution in [3.63, 3.8) is 0 Å². The summed E-state index contributed by atoms with van der Waals surface area (Å²) in [4.78, 5) is 27.5. The molecule has 2 heterocycles. The maximum atomic E-state index is 13.4. The van der Waals surface area contributed by atoms with Crippen LogP contribution in [-0.4, -0.2) is 28.1 Å². The van der Waals surface area contributed by atoms with Crippen LogP contribution >= 0.6 is 12.2 Å². The number of ether oxygens (including phenoxy) is 1. The van der Waals surface area contributed by atoms with Crippen LogP contribution in [0, 0.1) is 13.8 Å². The molecule has 1 aromatic carbocycles. The molecule has 0 radical (unpaired) electrons. The first-order valence-corrected chi connectivity index (χ1v) is 11.6. The molecule has 0 atom stereocenters. The van der Waals surface area contributed by atoms with Crippen molar-refractivity contribution in [2.45, 2.75) is 58.9 Å². The molecule has 1 N–H and O–H groups in total. The molecule has 0 bridgehead atoms. The molecule has 2 fully saturated rings. The van der Waals surface area contributed by atoms with Crippen LogP contribution in [0.5, 0.6) is 5.75 Å². The van der Waals surface area contributed by atoms with Gasteiger partial charge in [-0.3, -0.25) is 19.8 Å². The molecule has 7 heteroatoms. The molecule has 1 saturated carbocycles. The van der Waals surface area contributed by atoms with E-state index >= 15 is 0 Å². The van der Waals surface area contributed by atoms with Crippen LogP contribution in [0.1, 0.15) is 62.0 Å². The van der Waals surface area contributed by atoms with Gasteiger partial charge in [-0.1, -0.05) is 25.3 Å². The molecule has 6 nitrogen and oxygen atoms in total. The van der Waals surface area contributed by atoms with Crippen molar-refractivity contribution in [1.29, 1.82) is 0 Å². The summed E-state index contributed by atoms with van der Waals surface area (Å²) in [7, 11) is 0. The number of nitrogens with zero attached hydrogens (tertiary/aromatic N) is 2. The molecule has 1 aromatic heterocycles. The predicted octanol–water partition coefficient (Wildman–Crippen LogP) is 4.84. The lowest BCUT2D eigenvalue weighted by Gasteiger charge is -2.29. The van der Waals surface area contributed by atoms with Gasteiger partial charge in [0.25, 0.3) is 11.8 Å². The number of aryl methyl sites for hydroxylation is 1. The SMILES string of the molecule is CCOc1cccc(N2C(=O)/C(=C\c3cc(C)n(C4CCCCC4)c3C)C(=O)NC2=S)c1. The molecular weight excluding hydrogens is 422 g/mol. The standard InChI is InChI=1S/C25H29N3O3S/c1-4-31-21-12-8-11-20(15-21)28-24(30)22(23(29)26-25(28)32)14-18-13-16(2)27(17(18)3)19-9-6-5-7-10-19/h8,11-15,19H,4-7,9-10H2,1-3H3,(H,26,29,32)/b22-14-. The zero-order valence-electron chi connectivity index (χ0n) is 18.8. The Morgan fingerprint density at radius 3 is 2.62 bits per heavy atom. The lowest BCUT2D eigenvalue weighted by atomic mass is 9.95. The summed E-state index contributed by atoms with van der Waals surface area (Å²) in [6.45, 7) is 6.56. The molecule has 1 aliphatic heterocycles. The number of carbonyl (C=O) groups is 2. The minimum atomic E-state index is -0.473. The van der Waals surface area contributed by atoms with Crippen LogP contribution in [0.15, 0.2) is 35.9 Å². The van der Waals surface area contributed by atoms with Gasteiger partial charge >= 0.3 is 0 Å². The number of hydrogen-bond acceptors (Lipinski definition) is 4. The molecule has 4 rings (SSSR count). The van der Waals surface area contributed by atoms with Crippen molar-refractivity contribution < 1.29 is 14.3 Å².